The van der Waals surface area contributed by atoms with Crippen molar-refractivity contribution in [2.45, 2.75) is 44.2 Å². The highest BCUT2D eigenvalue weighted by atomic mass is 15.1. The van der Waals surface area contributed by atoms with Gasteiger partial charge in [0.05, 0.1) is 6.04 Å². The summed E-state index contributed by atoms with van der Waals surface area (Å²) in [5, 5.41) is 9.37. The Balaban J connectivity index is 1.84. The number of rotatable bonds is 4. The first-order chi connectivity index (χ1) is 10.4. The number of hydrogen-bond donors (Lipinski definition) is 0. The van der Waals surface area contributed by atoms with E-state index in [1.54, 1.807) is 0 Å². The second-order valence-corrected chi connectivity index (χ2v) is 5.75. The Morgan fingerprint density at radius 2 is 1.24 bits per heavy atom. The summed E-state index contributed by atoms with van der Waals surface area (Å²) in [5.74, 6) is 0. The molecule has 0 unspecified atom stereocenters. The largest absolute Gasteiger partial charge is 0.190 e. The highest BCUT2D eigenvalue weighted by Crippen LogP contribution is 2.28. The second kappa shape index (κ2) is 7.16. The van der Waals surface area contributed by atoms with E-state index < -0.39 is 0 Å². The van der Waals surface area contributed by atoms with E-state index in [2.05, 4.69) is 53.6 Å². The average Bonchev–Trinajstić information content (AvgIpc) is 2.58. The molecule has 2 nitrogen and oxygen atoms in total. The van der Waals surface area contributed by atoms with Gasteiger partial charge in [0.15, 0.2) is 0 Å². The maximum absolute atomic E-state index is 4.71. The van der Waals surface area contributed by atoms with Crippen LogP contribution >= 0.6 is 0 Å². The normalized spacial score (nSPS) is 16.6. The number of benzene rings is 2. The van der Waals surface area contributed by atoms with Gasteiger partial charge >= 0.3 is 0 Å². The van der Waals surface area contributed by atoms with Crippen LogP contribution in [0.3, 0.4) is 0 Å². The van der Waals surface area contributed by atoms with E-state index in [4.69, 9.17) is 5.11 Å². The minimum absolute atomic E-state index is 0.0225. The molecule has 0 N–H and O–H groups in total. The molecule has 2 heteroatoms. The summed E-state index contributed by atoms with van der Waals surface area (Å²) in [7, 11) is 0. The predicted molar refractivity (Wildman–Crippen MR) is 86.5 cm³/mol. The Bertz CT molecular complexity index is 517. The van der Waals surface area contributed by atoms with Crippen LogP contribution in [0.1, 0.15) is 49.3 Å². The summed E-state index contributed by atoms with van der Waals surface area (Å²) in [5.41, 5.74) is 2.42. The molecule has 0 aliphatic heterocycles. The third-order valence-corrected chi connectivity index (χ3v) is 4.15. The molecule has 1 fully saturated rings. The molecule has 0 heterocycles. The zero-order chi connectivity index (χ0) is 14.3. The monoisotopic (exact) mass is 278 g/mol. The lowest BCUT2D eigenvalue weighted by Crippen LogP contribution is -2.09. The van der Waals surface area contributed by atoms with Crippen LogP contribution in [0.15, 0.2) is 70.9 Å². The molecule has 21 heavy (non-hydrogen) atoms. The van der Waals surface area contributed by atoms with Gasteiger partial charge in [0.1, 0.15) is 6.04 Å². The van der Waals surface area contributed by atoms with Crippen molar-refractivity contribution in [3.8, 4) is 0 Å². The van der Waals surface area contributed by atoms with Gasteiger partial charge in [-0.25, -0.2) is 0 Å². The topological polar surface area (TPSA) is 24.7 Å². The molecule has 1 aliphatic carbocycles. The summed E-state index contributed by atoms with van der Waals surface area (Å²) in [6, 6.07) is 21.4. The van der Waals surface area contributed by atoms with Gasteiger partial charge in [0, 0.05) is 0 Å². The van der Waals surface area contributed by atoms with Gasteiger partial charge in [-0.1, -0.05) is 79.9 Å². The molecular weight excluding hydrogens is 256 g/mol. The van der Waals surface area contributed by atoms with Gasteiger partial charge in [0.2, 0.25) is 0 Å². The number of nitrogens with zero attached hydrogens (tertiary/aromatic N) is 2. The summed E-state index contributed by atoms with van der Waals surface area (Å²) < 4.78 is 0. The van der Waals surface area contributed by atoms with Crippen LogP contribution in [0.5, 0.6) is 0 Å². The van der Waals surface area contributed by atoms with Gasteiger partial charge in [-0.3, -0.25) is 0 Å². The highest BCUT2D eigenvalue weighted by molar-refractivity contribution is 5.31. The van der Waals surface area contributed by atoms with E-state index in [0.29, 0.717) is 6.04 Å². The van der Waals surface area contributed by atoms with Crippen molar-refractivity contribution >= 4 is 0 Å². The maximum Gasteiger partial charge on any atom is 0.121 e. The average molecular weight is 278 g/mol. The first kappa shape index (κ1) is 14.0. The molecule has 2 aromatic rings. The molecule has 3 rings (SSSR count). The molecule has 0 saturated heterocycles. The summed E-state index contributed by atoms with van der Waals surface area (Å²) in [4.78, 5) is 0. The fraction of sp³-hybridized carbons (Fsp3) is 0.368. The standard InChI is InChI=1S/C19H22N2/c1-4-10-16(11-5-1)19(17-12-6-2-7-13-17)21-20-18-14-8-3-9-15-18/h1-2,4-7,10-13,18-19H,3,8-9,14-15H2. The fourth-order valence-corrected chi connectivity index (χ4v) is 2.95. The van der Waals surface area contributed by atoms with Gasteiger partial charge in [0.25, 0.3) is 0 Å². The maximum atomic E-state index is 4.71. The van der Waals surface area contributed by atoms with E-state index in [0.717, 1.165) is 0 Å². The van der Waals surface area contributed by atoms with E-state index in [-0.39, 0.29) is 6.04 Å². The van der Waals surface area contributed by atoms with E-state index in [9.17, 15) is 0 Å². The lowest BCUT2D eigenvalue weighted by Gasteiger charge is -2.18. The minimum Gasteiger partial charge on any atom is -0.190 e. The lowest BCUT2D eigenvalue weighted by molar-refractivity contribution is 0.425. The Morgan fingerprint density at radius 3 is 1.76 bits per heavy atom. The number of azo groups is 1. The van der Waals surface area contributed by atoms with Crippen molar-refractivity contribution in [3.05, 3.63) is 71.8 Å². The van der Waals surface area contributed by atoms with E-state index >= 15 is 0 Å². The number of hydrogen-bond acceptors (Lipinski definition) is 2. The van der Waals surface area contributed by atoms with Crippen molar-refractivity contribution in [2.75, 3.05) is 0 Å². The third kappa shape index (κ3) is 3.78. The molecule has 108 valence electrons. The van der Waals surface area contributed by atoms with Crippen molar-refractivity contribution in [1.82, 2.24) is 0 Å². The molecule has 1 saturated carbocycles. The Hall–Kier alpha value is -1.96. The zero-order valence-corrected chi connectivity index (χ0v) is 12.4. The van der Waals surface area contributed by atoms with Gasteiger partial charge in [-0.2, -0.15) is 10.2 Å². The van der Waals surface area contributed by atoms with Crippen LogP contribution in [0.4, 0.5) is 0 Å². The van der Waals surface area contributed by atoms with Gasteiger partial charge in [-0.15, -0.1) is 0 Å². The third-order valence-electron chi connectivity index (χ3n) is 4.15. The summed E-state index contributed by atoms with van der Waals surface area (Å²) in [6.45, 7) is 0. The van der Waals surface area contributed by atoms with Crippen LogP contribution in [0.2, 0.25) is 0 Å². The zero-order valence-electron chi connectivity index (χ0n) is 12.4. The minimum atomic E-state index is 0.0225. The van der Waals surface area contributed by atoms with Crippen LogP contribution in [0.25, 0.3) is 0 Å². The van der Waals surface area contributed by atoms with Gasteiger partial charge in [-0.05, 0) is 24.0 Å². The SMILES string of the molecule is c1ccc(C(N=NC2CCCCC2)c2ccccc2)cc1. The second-order valence-electron chi connectivity index (χ2n) is 5.75. The van der Waals surface area contributed by atoms with Crippen molar-refractivity contribution in [3.63, 3.8) is 0 Å². The summed E-state index contributed by atoms with van der Waals surface area (Å²) in [6.07, 6.45) is 6.34. The van der Waals surface area contributed by atoms with Crippen molar-refractivity contribution in [1.29, 1.82) is 0 Å². The Morgan fingerprint density at radius 1 is 0.714 bits per heavy atom. The first-order valence-electron chi connectivity index (χ1n) is 7.93. The quantitative estimate of drug-likeness (QED) is 0.654. The molecule has 0 spiro atoms. The van der Waals surface area contributed by atoms with Crippen LogP contribution in [0, 0.1) is 0 Å². The molecule has 0 aromatic heterocycles. The highest BCUT2D eigenvalue weighted by Gasteiger charge is 2.15. The molecular formula is C19H22N2. The van der Waals surface area contributed by atoms with Crippen molar-refractivity contribution < 1.29 is 0 Å². The molecule has 0 radical (unpaired) electrons. The van der Waals surface area contributed by atoms with Crippen LogP contribution < -0.4 is 0 Å². The summed E-state index contributed by atoms with van der Waals surface area (Å²) >= 11 is 0. The van der Waals surface area contributed by atoms with E-state index in [1.165, 1.54) is 43.2 Å². The van der Waals surface area contributed by atoms with Gasteiger partial charge < -0.3 is 0 Å². The van der Waals surface area contributed by atoms with Crippen molar-refractivity contribution in [2.24, 2.45) is 10.2 Å². The first-order valence-corrected chi connectivity index (χ1v) is 7.93. The molecule has 0 bridgehead atoms. The molecule has 0 atom stereocenters. The molecule has 0 amide bonds. The Kier molecular flexibility index (Phi) is 4.78. The smallest absolute Gasteiger partial charge is 0.121 e. The molecule has 1 aliphatic rings. The lowest BCUT2D eigenvalue weighted by atomic mass is 9.96. The fourth-order valence-electron chi connectivity index (χ4n) is 2.95. The van der Waals surface area contributed by atoms with Crippen LogP contribution in [-0.4, -0.2) is 6.04 Å². The Labute approximate surface area is 126 Å². The predicted octanol–water partition coefficient (Wildman–Crippen LogP) is 5.56. The van der Waals surface area contributed by atoms with E-state index in [1.807, 2.05) is 12.1 Å². The van der Waals surface area contributed by atoms with Crippen LogP contribution in [-0.2, 0) is 0 Å². The molecule has 2 aromatic carbocycles.